The number of carbonyl (C=O) groups excluding carboxylic acids is 2. The van der Waals surface area contributed by atoms with Crippen LogP contribution in [0.15, 0.2) is 48.5 Å². The number of cyclic esters (lactones) is 1. The van der Waals surface area contributed by atoms with Gasteiger partial charge in [0.15, 0.2) is 0 Å². The highest BCUT2D eigenvalue weighted by Crippen LogP contribution is 2.20. The van der Waals surface area contributed by atoms with Crippen LogP contribution in [0.5, 0.6) is 0 Å². The monoisotopic (exact) mass is 335 g/mol. The van der Waals surface area contributed by atoms with Crippen LogP contribution in [0.25, 0.3) is 0 Å². The molecule has 1 N–H and O–H groups in total. The van der Waals surface area contributed by atoms with Crippen molar-refractivity contribution in [2.45, 2.75) is 19.6 Å². The van der Waals surface area contributed by atoms with Gasteiger partial charge in [0.25, 0.3) is 0 Å². The van der Waals surface area contributed by atoms with E-state index >= 15 is 0 Å². The van der Waals surface area contributed by atoms with Gasteiger partial charge in [0.05, 0.1) is 5.56 Å². The third-order valence-corrected chi connectivity index (χ3v) is 3.65. The van der Waals surface area contributed by atoms with Gasteiger partial charge in [-0.05, 0) is 23.8 Å². The molecule has 0 atom stereocenters. The smallest absolute Gasteiger partial charge is 0.407 e. The molecule has 0 fully saturated rings. The summed E-state index contributed by atoms with van der Waals surface area (Å²) in [7, 11) is 0. The number of esters is 1. The van der Waals surface area contributed by atoms with Gasteiger partial charge in [-0.15, -0.1) is 0 Å². The van der Waals surface area contributed by atoms with Crippen LogP contribution in [0.1, 0.15) is 33.5 Å². The predicted octanol–water partition coefficient (Wildman–Crippen LogP) is 3.03. The molecule has 3 rings (SSSR count). The van der Waals surface area contributed by atoms with Crippen LogP contribution < -0.4 is 5.32 Å². The first kappa shape index (κ1) is 16.6. The van der Waals surface area contributed by atoms with Crippen LogP contribution in [0.2, 0.25) is 0 Å². The zero-order valence-corrected chi connectivity index (χ0v) is 13.6. The van der Waals surface area contributed by atoms with Crippen LogP contribution >= 0.6 is 0 Å². The van der Waals surface area contributed by atoms with E-state index < -0.39 is 6.09 Å². The molecule has 25 heavy (non-hydrogen) atoms. The quantitative estimate of drug-likeness (QED) is 0.530. The Labute approximate surface area is 146 Å². The summed E-state index contributed by atoms with van der Waals surface area (Å²) in [6, 6.07) is 14.9. The Morgan fingerprint density at radius 1 is 1.20 bits per heavy atom. The van der Waals surface area contributed by atoms with Gasteiger partial charge in [-0.1, -0.05) is 42.2 Å². The molecule has 0 aliphatic carbocycles. The minimum atomic E-state index is -0.459. The van der Waals surface area contributed by atoms with E-state index in [0.717, 1.165) is 16.7 Å². The number of rotatable bonds is 4. The van der Waals surface area contributed by atoms with Crippen LogP contribution in [0, 0.1) is 11.8 Å². The predicted molar refractivity (Wildman–Crippen MR) is 91.7 cm³/mol. The van der Waals surface area contributed by atoms with E-state index in [4.69, 9.17) is 9.47 Å². The largest absolute Gasteiger partial charge is 0.457 e. The Kier molecular flexibility index (Phi) is 5.32. The lowest BCUT2D eigenvalue weighted by Crippen LogP contribution is -2.24. The van der Waals surface area contributed by atoms with Crippen molar-refractivity contribution in [1.82, 2.24) is 5.32 Å². The number of alkyl carbamates (subject to hydrolysis) is 1. The maximum Gasteiger partial charge on any atom is 0.407 e. The van der Waals surface area contributed by atoms with E-state index in [-0.39, 0.29) is 12.6 Å². The van der Waals surface area contributed by atoms with E-state index in [0.29, 0.717) is 25.1 Å². The van der Waals surface area contributed by atoms with Crippen molar-refractivity contribution in [2.75, 3.05) is 6.54 Å². The van der Waals surface area contributed by atoms with Crippen molar-refractivity contribution < 1.29 is 19.1 Å². The van der Waals surface area contributed by atoms with Gasteiger partial charge in [-0.3, -0.25) is 0 Å². The Morgan fingerprint density at radius 2 is 2.04 bits per heavy atom. The van der Waals surface area contributed by atoms with Crippen LogP contribution in [-0.4, -0.2) is 18.6 Å². The molecule has 0 unspecified atom stereocenters. The van der Waals surface area contributed by atoms with Crippen molar-refractivity contribution in [1.29, 1.82) is 0 Å². The average Bonchev–Trinajstić information content (AvgIpc) is 3.01. The summed E-state index contributed by atoms with van der Waals surface area (Å²) < 4.78 is 10.1. The minimum Gasteiger partial charge on any atom is -0.457 e. The first-order valence-electron chi connectivity index (χ1n) is 7.96. The standard InChI is InChI=1S/C20H17NO4/c22-19-18-10-9-15(12-17(18)14-24-19)6-4-5-11-21-20(23)25-13-16-7-2-1-3-8-16/h1-3,7-10,12H,5,11,13-14H2,(H,21,23). The molecule has 126 valence electrons. The van der Waals surface area contributed by atoms with E-state index in [1.165, 1.54) is 0 Å². The van der Waals surface area contributed by atoms with E-state index in [1.54, 1.807) is 12.1 Å². The van der Waals surface area contributed by atoms with Gasteiger partial charge >= 0.3 is 12.1 Å². The van der Waals surface area contributed by atoms with Gasteiger partial charge in [0.1, 0.15) is 13.2 Å². The summed E-state index contributed by atoms with van der Waals surface area (Å²) in [6.07, 6.45) is 0.0475. The Morgan fingerprint density at radius 3 is 2.88 bits per heavy atom. The summed E-state index contributed by atoms with van der Waals surface area (Å²) in [5, 5.41) is 2.66. The molecular weight excluding hydrogens is 318 g/mol. The second-order valence-corrected chi connectivity index (χ2v) is 5.49. The minimum absolute atomic E-state index is 0.244. The first-order valence-corrected chi connectivity index (χ1v) is 7.96. The Hall–Kier alpha value is -3.26. The molecule has 1 aliphatic rings. The van der Waals surface area contributed by atoms with Crippen LogP contribution in [0.4, 0.5) is 4.79 Å². The Balaban J connectivity index is 1.40. The van der Waals surface area contributed by atoms with Crippen LogP contribution in [-0.2, 0) is 22.7 Å². The molecule has 0 spiro atoms. The van der Waals surface area contributed by atoms with E-state index in [2.05, 4.69) is 17.2 Å². The molecule has 5 heteroatoms. The van der Waals surface area contributed by atoms with Gasteiger partial charge < -0.3 is 14.8 Å². The van der Waals surface area contributed by atoms with Crippen molar-refractivity contribution in [3.05, 3.63) is 70.8 Å². The number of amides is 1. The number of ether oxygens (including phenoxy) is 2. The zero-order chi connectivity index (χ0) is 17.5. The molecular formula is C20H17NO4. The molecule has 2 aromatic carbocycles. The van der Waals surface area contributed by atoms with Crippen molar-refractivity contribution in [3.8, 4) is 11.8 Å². The summed E-state index contributed by atoms with van der Waals surface area (Å²) in [6.45, 7) is 0.958. The van der Waals surface area contributed by atoms with Crippen molar-refractivity contribution in [2.24, 2.45) is 0 Å². The van der Waals surface area contributed by atoms with Crippen molar-refractivity contribution in [3.63, 3.8) is 0 Å². The molecule has 2 aromatic rings. The lowest BCUT2D eigenvalue weighted by Gasteiger charge is -2.05. The molecule has 0 radical (unpaired) electrons. The van der Waals surface area contributed by atoms with E-state index in [1.807, 2.05) is 36.4 Å². The molecule has 1 aliphatic heterocycles. The third-order valence-electron chi connectivity index (χ3n) is 3.65. The molecule has 0 aromatic heterocycles. The van der Waals surface area contributed by atoms with Crippen LogP contribution in [0.3, 0.4) is 0 Å². The first-order chi connectivity index (χ1) is 12.2. The van der Waals surface area contributed by atoms with Gasteiger partial charge in [-0.25, -0.2) is 9.59 Å². The maximum absolute atomic E-state index is 11.6. The number of nitrogens with one attached hydrogen (secondary N) is 1. The highest BCUT2D eigenvalue weighted by molar-refractivity contribution is 5.93. The lowest BCUT2D eigenvalue weighted by molar-refractivity contribution is 0.0535. The average molecular weight is 335 g/mol. The molecule has 0 bridgehead atoms. The maximum atomic E-state index is 11.6. The molecule has 1 heterocycles. The van der Waals surface area contributed by atoms with Gasteiger partial charge in [-0.2, -0.15) is 0 Å². The fourth-order valence-electron chi connectivity index (χ4n) is 2.38. The summed E-state index contributed by atoms with van der Waals surface area (Å²) >= 11 is 0. The summed E-state index contributed by atoms with van der Waals surface area (Å²) in [4.78, 5) is 23.0. The fraction of sp³-hybridized carbons (Fsp3) is 0.200. The topological polar surface area (TPSA) is 64.6 Å². The van der Waals surface area contributed by atoms with E-state index in [9.17, 15) is 9.59 Å². The molecule has 0 saturated heterocycles. The third kappa shape index (κ3) is 4.61. The molecule has 5 nitrogen and oxygen atoms in total. The molecule has 1 amide bonds. The number of hydrogen-bond donors (Lipinski definition) is 1. The number of hydrogen-bond acceptors (Lipinski definition) is 4. The Bertz CT molecular complexity index is 834. The second kappa shape index (κ2) is 8.02. The van der Waals surface area contributed by atoms with Gasteiger partial charge in [0, 0.05) is 24.1 Å². The second-order valence-electron chi connectivity index (χ2n) is 5.49. The SMILES string of the molecule is O=C(NCCC#Cc1ccc2c(c1)COC2=O)OCc1ccccc1. The van der Waals surface area contributed by atoms with Gasteiger partial charge in [0.2, 0.25) is 0 Å². The van der Waals surface area contributed by atoms with Crippen molar-refractivity contribution >= 4 is 12.1 Å². The number of benzene rings is 2. The summed E-state index contributed by atoms with van der Waals surface area (Å²) in [5.41, 5.74) is 3.23. The number of carbonyl (C=O) groups is 2. The highest BCUT2D eigenvalue weighted by Gasteiger charge is 2.20. The summed E-state index contributed by atoms with van der Waals surface area (Å²) in [5.74, 6) is 5.71. The zero-order valence-electron chi connectivity index (χ0n) is 13.6. The number of fused-ring (bicyclic) bond motifs is 1. The lowest BCUT2D eigenvalue weighted by atomic mass is 10.1. The molecule has 0 saturated carbocycles. The highest BCUT2D eigenvalue weighted by atomic mass is 16.5. The normalized spacial score (nSPS) is 11.8. The fourth-order valence-corrected chi connectivity index (χ4v) is 2.38.